The predicted molar refractivity (Wildman–Crippen MR) is 102 cm³/mol. The number of halogens is 1. The van der Waals surface area contributed by atoms with Crippen LogP contribution in [0.1, 0.15) is 76.8 Å². The van der Waals surface area contributed by atoms with E-state index < -0.39 is 0 Å². The number of nitrogens with zero attached hydrogens (tertiary/aromatic N) is 1. The van der Waals surface area contributed by atoms with Crippen molar-refractivity contribution in [3.63, 3.8) is 0 Å². The Balaban J connectivity index is 1.61. The van der Waals surface area contributed by atoms with Crippen molar-refractivity contribution in [3.8, 4) is 0 Å². The zero-order chi connectivity index (χ0) is 16.3. The van der Waals surface area contributed by atoms with E-state index in [0.29, 0.717) is 5.15 Å². The molecule has 0 aliphatic carbocycles. The molecule has 0 aliphatic heterocycles. The summed E-state index contributed by atoms with van der Waals surface area (Å²) < 4.78 is 0. The van der Waals surface area contributed by atoms with E-state index in [1.54, 1.807) is 0 Å². The molecule has 2 rings (SSSR count). The SMILES string of the molecule is CCCCCCCCCCCCc1cc2ccccc2c(Cl)n1. The summed E-state index contributed by atoms with van der Waals surface area (Å²) in [5.41, 5.74) is 1.13. The highest BCUT2D eigenvalue weighted by atomic mass is 35.5. The van der Waals surface area contributed by atoms with Crippen LogP contribution in [0.25, 0.3) is 10.8 Å². The van der Waals surface area contributed by atoms with Crippen molar-refractivity contribution in [2.45, 2.75) is 77.6 Å². The molecule has 0 fully saturated rings. The minimum atomic E-state index is 0.644. The molecule has 0 aliphatic rings. The van der Waals surface area contributed by atoms with Gasteiger partial charge in [-0.25, -0.2) is 4.98 Å². The van der Waals surface area contributed by atoms with Gasteiger partial charge in [0.15, 0.2) is 0 Å². The summed E-state index contributed by atoms with van der Waals surface area (Å²) in [7, 11) is 0. The quantitative estimate of drug-likeness (QED) is 0.310. The minimum Gasteiger partial charge on any atom is -0.240 e. The van der Waals surface area contributed by atoms with Crippen molar-refractivity contribution in [1.82, 2.24) is 4.98 Å². The Labute approximate surface area is 146 Å². The topological polar surface area (TPSA) is 12.9 Å². The molecule has 2 heteroatoms. The Hall–Kier alpha value is -1.08. The molecule has 23 heavy (non-hydrogen) atoms. The van der Waals surface area contributed by atoms with E-state index in [0.717, 1.165) is 17.5 Å². The first kappa shape index (κ1) is 18.3. The van der Waals surface area contributed by atoms with Gasteiger partial charge in [0.25, 0.3) is 0 Å². The average Bonchev–Trinajstić information content (AvgIpc) is 2.57. The number of benzene rings is 1. The van der Waals surface area contributed by atoms with Gasteiger partial charge in [0, 0.05) is 11.1 Å². The Morgan fingerprint density at radius 1 is 0.826 bits per heavy atom. The van der Waals surface area contributed by atoms with E-state index in [4.69, 9.17) is 11.6 Å². The molecule has 1 nitrogen and oxygen atoms in total. The Kier molecular flexibility index (Phi) is 8.46. The molecule has 0 N–H and O–H groups in total. The normalized spacial score (nSPS) is 11.2. The monoisotopic (exact) mass is 331 g/mol. The Morgan fingerprint density at radius 3 is 2.13 bits per heavy atom. The van der Waals surface area contributed by atoms with Crippen LogP contribution in [0.15, 0.2) is 30.3 Å². The summed E-state index contributed by atoms with van der Waals surface area (Å²) in [6, 6.07) is 10.4. The van der Waals surface area contributed by atoms with Crippen molar-refractivity contribution in [2.24, 2.45) is 0 Å². The third-order valence-corrected chi connectivity index (χ3v) is 4.82. The first-order valence-electron chi connectivity index (χ1n) is 9.35. The van der Waals surface area contributed by atoms with Crippen LogP contribution in [0.4, 0.5) is 0 Å². The largest absolute Gasteiger partial charge is 0.240 e. The molecular formula is C21H30ClN. The number of rotatable bonds is 11. The number of pyridine rings is 1. The van der Waals surface area contributed by atoms with E-state index in [9.17, 15) is 0 Å². The first-order valence-corrected chi connectivity index (χ1v) is 9.73. The second kappa shape index (κ2) is 10.6. The fourth-order valence-corrected chi connectivity index (χ4v) is 3.41. The van der Waals surface area contributed by atoms with Gasteiger partial charge in [0.05, 0.1) is 0 Å². The maximum absolute atomic E-state index is 6.28. The van der Waals surface area contributed by atoms with Gasteiger partial charge >= 0.3 is 0 Å². The van der Waals surface area contributed by atoms with Crippen LogP contribution < -0.4 is 0 Å². The fraction of sp³-hybridized carbons (Fsp3) is 0.571. The van der Waals surface area contributed by atoms with Crippen molar-refractivity contribution in [1.29, 1.82) is 0 Å². The zero-order valence-electron chi connectivity index (χ0n) is 14.5. The molecule has 1 heterocycles. The van der Waals surface area contributed by atoms with Gasteiger partial charge in [-0.05, 0) is 24.3 Å². The highest BCUT2D eigenvalue weighted by molar-refractivity contribution is 6.34. The van der Waals surface area contributed by atoms with E-state index in [1.807, 2.05) is 12.1 Å². The van der Waals surface area contributed by atoms with Crippen LogP contribution in [-0.2, 0) is 6.42 Å². The second-order valence-corrected chi connectivity index (χ2v) is 6.92. The summed E-state index contributed by atoms with van der Waals surface area (Å²) in [5, 5.41) is 2.90. The summed E-state index contributed by atoms with van der Waals surface area (Å²) in [5.74, 6) is 0. The van der Waals surface area contributed by atoms with Crippen LogP contribution in [-0.4, -0.2) is 4.98 Å². The summed E-state index contributed by atoms with van der Waals surface area (Å²) in [6.45, 7) is 2.28. The molecule has 0 spiro atoms. The third-order valence-electron chi connectivity index (χ3n) is 4.53. The van der Waals surface area contributed by atoms with Gasteiger partial charge in [0.2, 0.25) is 0 Å². The van der Waals surface area contributed by atoms with Crippen molar-refractivity contribution < 1.29 is 0 Å². The zero-order valence-corrected chi connectivity index (χ0v) is 15.2. The molecule has 0 saturated heterocycles. The average molecular weight is 332 g/mol. The molecule has 0 amide bonds. The van der Waals surface area contributed by atoms with Crippen molar-refractivity contribution in [2.75, 3.05) is 0 Å². The van der Waals surface area contributed by atoms with Crippen molar-refractivity contribution in [3.05, 3.63) is 41.2 Å². The van der Waals surface area contributed by atoms with Gasteiger partial charge in [-0.1, -0.05) is 101 Å². The van der Waals surface area contributed by atoms with Crippen molar-refractivity contribution >= 4 is 22.4 Å². The molecule has 0 radical (unpaired) electrons. The van der Waals surface area contributed by atoms with Crippen LogP contribution in [0.5, 0.6) is 0 Å². The lowest BCUT2D eigenvalue weighted by Crippen LogP contribution is -1.92. The van der Waals surface area contributed by atoms with E-state index in [1.165, 1.54) is 69.6 Å². The molecule has 0 unspecified atom stereocenters. The smallest absolute Gasteiger partial charge is 0.137 e. The van der Waals surface area contributed by atoms with Crippen LogP contribution in [0.3, 0.4) is 0 Å². The van der Waals surface area contributed by atoms with Gasteiger partial charge in [0.1, 0.15) is 5.15 Å². The molecule has 1 aromatic carbocycles. The number of fused-ring (bicyclic) bond motifs is 1. The number of aryl methyl sites for hydroxylation is 1. The van der Waals surface area contributed by atoms with Crippen LogP contribution >= 0.6 is 11.6 Å². The third kappa shape index (κ3) is 6.51. The number of unbranched alkanes of at least 4 members (excludes halogenated alkanes) is 9. The first-order chi connectivity index (χ1) is 11.3. The molecule has 0 saturated carbocycles. The summed E-state index contributed by atoms with van der Waals surface area (Å²) >= 11 is 6.28. The summed E-state index contributed by atoms with van der Waals surface area (Å²) in [6.07, 6.45) is 14.7. The predicted octanol–water partition coefficient (Wildman–Crippen LogP) is 7.35. The number of aromatic nitrogens is 1. The number of hydrogen-bond acceptors (Lipinski definition) is 1. The van der Waals surface area contributed by atoms with Gasteiger partial charge < -0.3 is 0 Å². The standard InChI is InChI=1S/C21H30ClN/c1-2-3-4-5-6-7-8-9-10-11-15-19-17-18-14-12-13-16-20(18)21(22)23-19/h12-14,16-17H,2-11,15H2,1H3. The lowest BCUT2D eigenvalue weighted by molar-refractivity contribution is 0.555. The van der Waals surface area contributed by atoms with E-state index in [2.05, 4.69) is 30.1 Å². The van der Waals surface area contributed by atoms with Crippen LogP contribution in [0, 0.1) is 0 Å². The maximum atomic E-state index is 6.28. The minimum absolute atomic E-state index is 0.644. The molecule has 2 aromatic rings. The lowest BCUT2D eigenvalue weighted by atomic mass is 10.0. The lowest BCUT2D eigenvalue weighted by Gasteiger charge is -2.05. The molecular weight excluding hydrogens is 302 g/mol. The highest BCUT2D eigenvalue weighted by Gasteiger charge is 2.03. The fourth-order valence-electron chi connectivity index (χ4n) is 3.13. The Bertz CT molecular complexity index is 579. The van der Waals surface area contributed by atoms with Gasteiger partial charge in [-0.2, -0.15) is 0 Å². The second-order valence-electron chi connectivity index (χ2n) is 6.56. The maximum Gasteiger partial charge on any atom is 0.137 e. The van der Waals surface area contributed by atoms with Gasteiger partial charge in [-0.15, -0.1) is 0 Å². The Morgan fingerprint density at radius 2 is 1.43 bits per heavy atom. The van der Waals surface area contributed by atoms with Gasteiger partial charge in [-0.3, -0.25) is 0 Å². The molecule has 1 aromatic heterocycles. The molecule has 0 bridgehead atoms. The molecule has 0 atom stereocenters. The number of hydrogen-bond donors (Lipinski definition) is 0. The highest BCUT2D eigenvalue weighted by Crippen LogP contribution is 2.23. The summed E-state index contributed by atoms with van der Waals surface area (Å²) in [4.78, 5) is 4.54. The van der Waals surface area contributed by atoms with E-state index in [-0.39, 0.29) is 0 Å². The molecule has 126 valence electrons. The van der Waals surface area contributed by atoms with E-state index >= 15 is 0 Å². The van der Waals surface area contributed by atoms with Crippen LogP contribution in [0.2, 0.25) is 5.15 Å².